The molecule has 2 rings (SSSR count). The molecule has 0 saturated heterocycles. The number of carbonyl (C=O) groups is 2. The zero-order chi connectivity index (χ0) is 18.3. The van der Waals surface area contributed by atoms with E-state index in [1.165, 1.54) is 24.3 Å². The first-order chi connectivity index (χ1) is 12.0. The summed E-state index contributed by atoms with van der Waals surface area (Å²) >= 11 is 0. The van der Waals surface area contributed by atoms with Crippen LogP contribution in [0.4, 0.5) is 13.6 Å². The second-order valence-corrected chi connectivity index (χ2v) is 5.15. The molecule has 0 radical (unpaired) electrons. The first-order valence-electron chi connectivity index (χ1n) is 7.41. The smallest absolute Gasteiger partial charge is 0.408 e. The number of hydrogen-bond acceptors (Lipinski definition) is 4. The Hall–Kier alpha value is -2.96. The number of carbonyl (C=O) groups excluding carboxylic acids is 2. The normalized spacial score (nSPS) is 13.0. The van der Waals surface area contributed by atoms with Crippen molar-refractivity contribution >= 4 is 12.1 Å². The number of esters is 1. The van der Waals surface area contributed by atoms with E-state index in [4.69, 9.17) is 4.74 Å². The van der Waals surface area contributed by atoms with Gasteiger partial charge in [0, 0.05) is 0 Å². The van der Waals surface area contributed by atoms with Crippen molar-refractivity contribution in [1.29, 1.82) is 0 Å². The van der Waals surface area contributed by atoms with Crippen molar-refractivity contribution < 1.29 is 27.8 Å². The Labute approximate surface area is 143 Å². The average Bonchev–Trinajstić information content (AvgIpc) is 2.65. The fourth-order valence-corrected chi connectivity index (χ4v) is 2.29. The van der Waals surface area contributed by atoms with Gasteiger partial charge in [-0.05, 0) is 11.1 Å². The largest absolute Gasteiger partial charge is 0.467 e. The molecule has 0 aromatic heterocycles. The lowest BCUT2D eigenvalue weighted by Gasteiger charge is -2.31. The standard InChI is InChI=1S/C18H17F2NO4/c1-24-16(22)18(15(19)20,14-10-6-3-7-11-14)21-17(23)25-12-13-8-4-2-5-9-13/h2-11,15H,12H2,1H3,(H,21,23). The summed E-state index contributed by atoms with van der Waals surface area (Å²) in [4.78, 5) is 24.2. The molecule has 5 nitrogen and oxygen atoms in total. The summed E-state index contributed by atoms with van der Waals surface area (Å²) in [5.41, 5.74) is -2.07. The predicted molar refractivity (Wildman–Crippen MR) is 85.9 cm³/mol. The first kappa shape index (κ1) is 18.4. The van der Waals surface area contributed by atoms with Gasteiger partial charge in [-0.15, -0.1) is 0 Å². The number of benzene rings is 2. The molecular formula is C18H17F2NO4. The number of methoxy groups -OCH3 is 1. The number of hydrogen-bond donors (Lipinski definition) is 1. The molecule has 2 aromatic rings. The lowest BCUT2D eigenvalue weighted by atomic mass is 9.90. The molecule has 1 amide bonds. The number of ether oxygens (including phenoxy) is 2. The maximum Gasteiger partial charge on any atom is 0.408 e. The molecule has 0 bridgehead atoms. The lowest BCUT2D eigenvalue weighted by molar-refractivity contribution is -0.156. The molecule has 0 saturated carbocycles. The number of nitrogens with one attached hydrogen (secondary N) is 1. The number of alkyl halides is 2. The molecule has 1 atom stereocenters. The van der Waals surface area contributed by atoms with Crippen LogP contribution in [0, 0.1) is 0 Å². The van der Waals surface area contributed by atoms with Crippen LogP contribution in [0.1, 0.15) is 11.1 Å². The second kappa shape index (κ2) is 8.23. The van der Waals surface area contributed by atoms with Crippen molar-refractivity contribution in [2.45, 2.75) is 18.6 Å². The highest BCUT2D eigenvalue weighted by atomic mass is 19.3. The molecule has 0 aliphatic heterocycles. The molecule has 0 fully saturated rings. The maximum absolute atomic E-state index is 13.8. The van der Waals surface area contributed by atoms with Gasteiger partial charge in [0.1, 0.15) is 6.61 Å². The second-order valence-electron chi connectivity index (χ2n) is 5.15. The predicted octanol–water partition coefficient (Wildman–Crippen LogP) is 3.25. The van der Waals surface area contributed by atoms with Crippen LogP contribution in [0.2, 0.25) is 0 Å². The molecule has 1 N–H and O–H groups in total. The van der Waals surface area contributed by atoms with Gasteiger partial charge in [0.2, 0.25) is 5.54 Å². The van der Waals surface area contributed by atoms with Gasteiger partial charge in [0.15, 0.2) is 0 Å². The van der Waals surface area contributed by atoms with E-state index in [2.05, 4.69) is 4.74 Å². The first-order valence-corrected chi connectivity index (χ1v) is 7.41. The summed E-state index contributed by atoms with van der Waals surface area (Å²) in [6, 6.07) is 15.9. The van der Waals surface area contributed by atoms with Gasteiger partial charge < -0.3 is 9.47 Å². The van der Waals surface area contributed by atoms with Crippen LogP contribution in [0.3, 0.4) is 0 Å². The van der Waals surface area contributed by atoms with Crippen LogP contribution in [0.15, 0.2) is 60.7 Å². The van der Waals surface area contributed by atoms with E-state index in [0.717, 1.165) is 7.11 Å². The number of amides is 1. The van der Waals surface area contributed by atoms with Crippen molar-refractivity contribution in [2.75, 3.05) is 7.11 Å². The van der Waals surface area contributed by atoms with Gasteiger partial charge in [-0.1, -0.05) is 60.7 Å². The molecule has 0 heterocycles. The monoisotopic (exact) mass is 349 g/mol. The molecule has 1 unspecified atom stereocenters. The van der Waals surface area contributed by atoms with Crippen molar-refractivity contribution in [3.8, 4) is 0 Å². The summed E-state index contributed by atoms with van der Waals surface area (Å²) in [6.45, 7) is -0.123. The third-order valence-electron chi connectivity index (χ3n) is 3.58. The van der Waals surface area contributed by atoms with E-state index in [9.17, 15) is 18.4 Å². The van der Waals surface area contributed by atoms with Crippen LogP contribution in [-0.2, 0) is 26.4 Å². The summed E-state index contributed by atoms with van der Waals surface area (Å²) < 4.78 is 37.1. The fourth-order valence-electron chi connectivity index (χ4n) is 2.29. The highest BCUT2D eigenvalue weighted by Gasteiger charge is 2.52. The molecule has 0 aliphatic rings. The van der Waals surface area contributed by atoms with Crippen LogP contribution in [-0.4, -0.2) is 25.6 Å². The van der Waals surface area contributed by atoms with Crippen LogP contribution < -0.4 is 5.32 Å². The van der Waals surface area contributed by atoms with Gasteiger partial charge in [0.25, 0.3) is 6.43 Å². The third kappa shape index (κ3) is 4.12. The highest BCUT2D eigenvalue weighted by Crippen LogP contribution is 2.30. The van der Waals surface area contributed by atoms with E-state index < -0.39 is 24.0 Å². The average molecular weight is 349 g/mol. The highest BCUT2D eigenvalue weighted by molar-refractivity contribution is 5.87. The van der Waals surface area contributed by atoms with E-state index in [0.29, 0.717) is 5.56 Å². The van der Waals surface area contributed by atoms with Gasteiger partial charge >= 0.3 is 12.1 Å². The minimum absolute atomic E-state index is 0.103. The Balaban J connectivity index is 2.23. The molecular weight excluding hydrogens is 332 g/mol. The van der Waals surface area contributed by atoms with Crippen molar-refractivity contribution in [2.24, 2.45) is 0 Å². The Morgan fingerprint density at radius 3 is 2.12 bits per heavy atom. The zero-order valence-electron chi connectivity index (χ0n) is 13.4. The van der Waals surface area contributed by atoms with Crippen molar-refractivity contribution in [1.82, 2.24) is 5.32 Å². The topological polar surface area (TPSA) is 64.6 Å². The molecule has 0 spiro atoms. The summed E-state index contributed by atoms with van der Waals surface area (Å²) in [5, 5.41) is 1.98. The Kier molecular flexibility index (Phi) is 6.05. The van der Waals surface area contributed by atoms with Crippen LogP contribution in [0.5, 0.6) is 0 Å². The molecule has 0 aliphatic carbocycles. The third-order valence-corrected chi connectivity index (χ3v) is 3.58. The summed E-state index contributed by atoms with van der Waals surface area (Å²) in [5.74, 6) is -1.29. The number of halogens is 2. The van der Waals surface area contributed by atoms with Gasteiger partial charge in [0.05, 0.1) is 7.11 Å². The summed E-state index contributed by atoms with van der Waals surface area (Å²) in [7, 11) is 0.972. The molecule has 132 valence electrons. The Bertz CT molecular complexity index is 710. The summed E-state index contributed by atoms with van der Waals surface area (Å²) in [6.07, 6.45) is -4.40. The lowest BCUT2D eigenvalue weighted by Crippen LogP contribution is -2.57. The van der Waals surface area contributed by atoms with Crippen molar-refractivity contribution in [3.05, 3.63) is 71.8 Å². The molecule has 7 heteroatoms. The zero-order valence-corrected chi connectivity index (χ0v) is 13.4. The minimum Gasteiger partial charge on any atom is -0.467 e. The van der Waals surface area contributed by atoms with E-state index >= 15 is 0 Å². The Morgan fingerprint density at radius 1 is 1.04 bits per heavy atom. The maximum atomic E-state index is 13.8. The number of alkyl carbamates (subject to hydrolysis) is 1. The molecule has 25 heavy (non-hydrogen) atoms. The van der Waals surface area contributed by atoms with E-state index in [1.54, 1.807) is 36.4 Å². The van der Waals surface area contributed by atoms with Crippen LogP contribution >= 0.6 is 0 Å². The Morgan fingerprint density at radius 2 is 1.60 bits per heavy atom. The fraction of sp³-hybridized carbons (Fsp3) is 0.222. The van der Waals surface area contributed by atoms with Gasteiger partial charge in [-0.25, -0.2) is 18.4 Å². The number of rotatable bonds is 6. The van der Waals surface area contributed by atoms with E-state index in [-0.39, 0.29) is 12.2 Å². The van der Waals surface area contributed by atoms with Crippen LogP contribution in [0.25, 0.3) is 0 Å². The van der Waals surface area contributed by atoms with E-state index in [1.807, 2.05) is 5.32 Å². The quantitative estimate of drug-likeness (QED) is 0.813. The minimum atomic E-state index is -3.24. The molecule has 2 aromatic carbocycles. The van der Waals surface area contributed by atoms with Gasteiger partial charge in [-0.3, -0.25) is 5.32 Å². The van der Waals surface area contributed by atoms with Crippen molar-refractivity contribution in [3.63, 3.8) is 0 Å². The SMILES string of the molecule is COC(=O)C(NC(=O)OCc1ccccc1)(c1ccccc1)C(F)F. The van der Waals surface area contributed by atoms with Gasteiger partial charge in [-0.2, -0.15) is 0 Å².